The predicted molar refractivity (Wildman–Crippen MR) is 210 cm³/mol. The van der Waals surface area contributed by atoms with Crippen molar-refractivity contribution >= 4 is 23.2 Å². The highest BCUT2D eigenvalue weighted by Crippen LogP contribution is 2.39. The van der Waals surface area contributed by atoms with Gasteiger partial charge >= 0.3 is 0 Å². The monoisotopic (exact) mass is 718 g/mol. The van der Waals surface area contributed by atoms with Crippen molar-refractivity contribution in [3.05, 3.63) is 119 Å². The van der Waals surface area contributed by atoms with Gasteiger partial charge in [-0.3, -0.25) is 9.59 Å². The maximum Gasteiger partial charge on any atom is 0.224 e. The van der Waals surface area contributed by atoms with Gasteiger partial charge in [-0.05, 0) is 90.9 Å². The van der Waals surface area contributed by atoms with Gasteiger partial charge < -0.3 is 35.8 Å². The molecular formula is C44H54N4O5. The standard InChI is InChI=1S/C44H54N4O5/c45-39-16-6-7-17-40(39)47-43(51)19-5-2-1-4-18-42(50)46-29-33-12-10-13-35(26-33)36-14-11-15-37(27-36)44-52-38(30-48-24-8-3-9-25-48)28-41(53-44)34-22-20-32(31-49)21-23-34/h6-7,10-17,20-23,26-27,38,41,44,49H,1-5,8-9,18-19,24-25,28-31,45H2,(H,46,50)(H,47,51). The Hall–Kier alpha value is -4.54. The Morgan fingerprint density at radius 3 is 2.21 bits per heavy atom. The molecule has 2 aliphatic heterocycles. The second-order valence-electron chi connectivity index (χ2n) is 14.4. The molecule has 0 saturated carbocycles. The van der Waals surface area contributed by atoms with E-state index in [2.05, 4.69) is 64.1 Å². The van der Waals surface area contributed by atoms with Gasteiger partial charge in [0.2, 0.25) is 11.8 Å². The number of para-hydroxylation sites is 2. The van der Waals surface area contributed by atoms with Gasteiger partial charge in [0.15, 0.2) is 6.29 Å². The molecule has 0 aliphatic carbocycles. The van der Waals surface area contributed by atoms with Crippen LogP contribution in [0.4, 0.5) is 11.4 Å². The summed E-state index contributed by atoms with van der Waals surface area (Å²) in [4.78, 5) is 27.4. The van der Waals surface area contributed by atoms with E-state index >= 15 is 0 Å². The highest BCUT2D eigenvalue weighted by atomic mass is 16.7. The van der Waals surface area contributed by atoms with Crippen molar-refractivity contribution in [2.45, 2.75) is 95.9 Å². The average Bonchev–Trinajstić information content (AvgIpc) is 3.20. The van der Waals surface area contributed by atoms with Crippen LogP contribution in [-0.4, -0.2) is 47.6 Å². The van der Waals surface area contributed by atoms with E-state index < -0.39 is 6.29 Å². The Morgan fingerprint density at radius 1 is 0.736 bits per heavy atom. The fourth-order valence-corrected chi connectivity index (χ4v) is 7.23. The first-order chi connectivity index (χ1) is 25.9. The molecule has 2 aliphatic rings. The third-order valence-electron chi connectivity index (χ3n) is 10.2. The van der Waals surface area contributed by atoms with E-state index in [1.54, 1.807) is 12.1 Å². The van der Waals surface area contributed by atoms with Gasteiger partial charge in [-0.25, -0.2) is 0 Å². The number of carbonyl (C=O) groups is 2. The molecule has 2 saturated heterocycles. The topological polar surface area (TPSA) is 126 Å². The molecular weight excluding hydrogens is 665 g/mol. The van der Waals surface area contributed by atoms with Crippen LogP contribution in [0.1, 0.15) is 98.9 Å². The lowest BCUT2D eigenvalue weighted by molar-refractivity contribution is -0.253. The van der Waals surface area contributed by atoms with Crippen molar-refractivity contribution < 1.29 is 24.2 Å². The molecule has 280 valence electrons. The van der Waals surface area contributed by atoms with E-state index in [1.165, 1.54) is 19.3 Å². The Balaban J connectivity index is 0.996. The number of unbranched alkanes of at least 4 members (excludes halogenated alkanes) is 3. The normalized spacial score (nSPS) is 19.1. The number of piperidine rings is 1. The number of anilines is 2. The van der Waals surface area contributed by atoms with Crippen LogP contribution in [0, 0.1) is 0 Å². The fourth-order valence-electron chi connectivity index (χ4n) is 7.23. The minimum absolute atomic E-state index is 0.0203. The second-order valence-corrected chi connectivity index (χ2v) is 14.4. The first-order valence-electron chi connectivity index (χ1n) is 19.3. The van der Waals surface area contributed by atoms with Gasteiger partial charge in [-0.2, -0.15) is 0 Å². The molecule has 0 bridgehead atoms. The molecule has 2 amide bonds. The molecule has 4 aromatic carbocycles. The molecule has 0 spiro atoms. The third-order valence-corrected chi connectivity index (χ3v) is 10.2. The van der Waals surface area contributed by atoms with Gasteiger partial charge in [-0.1, -0.05) is 92.1 Å². The molecule has 9 heteroatoms. The number of aliphatic hydroxyl groups is 1. The lowest BCUT2D eigenvalue weighted by atomic mass is 9.98. The minimum Gasteiger partial charge on any atom is -0.397 e. The van der Waals surface area contributed by atoms with E-state index in [4.69, 9.17) is 15.2 Å². The van der Waals surface area contributed by atoms with Crippen LogP contribution in [-0.2, 0) is 32.2 Å². The molecule has 3 atom stereocenters. The molecule has 2 heterocycles. The maximum atomic E-state index is 12.7. The second kappa shape index (κ2) is 19.5. The number of hydrogen-bond donors (Lipinski definition) is 4. The number of carbonyl (C=O) groups excluding carboxylic acids is 2. The summed E-state index contributed by atoms with van der Waals surface area (Å²) in [5, 5.41) is 15.5. The number of nitrogens with two attached hydrogens (primary N) is 1. The summed E-state index contributed by atoms with van der Waals surface area (Å²) in [6.07, 6.45) is 8.19. The number of amides is 2. The Kier molecular flexibility index (Phi) is 14.1. The zero-order valence-corrected chi connectivity index (χ0v) is 30.7. The Bertz CT molecular complexity index is 1770. The first kappa shape index (κ1) is 38.2. The lowest BCUT2D eigenvalue weighted by Crippen LogP contribution is -2.41. The summed E-state index contributed by atoms with van der Waals surface area (Å²) < 4.78 is 13.3. The molecule has 4 aromatic rings. The summed E-state index contributed by atoms with van der Waals surface area (Å²) in [7, 11) is 0. The fraction of sp³-hybridized carbons (Fsp3) is 0.409. The van der Waals surface area contributed by atoms with Crippen molar-refractivity contribution in [3.8, 4) is 11.1 Å². The van der Waals surface area contributed by atoms with Gasteiger partial charge in [-0.15, -0.1) is 0 Å². The van der Waals surface area contributed by atoms with Crippen LogP contribution < -0.4 is 16.4 Å². The molecule has 0 radical (unpaired) electrons. The van der Waals surface area contributed by atoms with Crippen molar-refractivity contribution in [2.75, 3.05) is 30.7 Å². The Labute approximate surface area is 313 Å². The molecule has 5 N–H and O–H groups in total. The zero-order valence-electron chi connectivity index (χ0n) is 30.7. The van der Waals surface area contributed by atoms with Crippen LogP contribution in [0.3, 0.4) is 0 Å². The van der Waals surface area contributed by atoms with E-state index in [1.807, 2.05) is 36.4 Å². The number of nitrogen functional groups attached to an aromatic ring is 1. The van der Waals surface area contributed by atoms with Crippen LogP contribution >= 0.6 is 0 Å². The smallest absolute Gasteiger partial charge is 0.224 e. The van der Waals surface area contributed by atoms with E-state index in [0.29, 0.717) is 30.8 Å². The maximum absolute atomic E-state index is 12.7. The van der Waals surface area contributed by atoms with Gasteiger partial charge in [0.05, 0.1) is 30.2 Å². The quantitative estimate of drug-likeness (QED) is 0.0682. The zero-order chi connectivity index (χ0) is 36.8. The van der Waals surface area contributed by atoms with Crippen LogP contribution in [0.15, 0.2) is 97.1 Å². The molecule has 9 nitrogen and oxygen atoms in total. The van der Waals surface area contributed by atoms with Crippen molar-refractivity contribution in [3.63, 3.8) is 0 Å². The third kappa shape index (κ3) is 11.5. The van der Waals surface area contributed by atoms with E-state index in [0.717, 1.165) is 85.1 Å². The predicted octanol–water partition coefficient (Wildman–Crippen LogP) is 8.05. The number of nitrogens with one attached hydrogen (secondary N) is 2. The molecule has 3 unspecified atom stereocenters. The number of nitrogens with zero attached hydrogens (tertiary/aromatic N) is 1. The molecule has 0 aromatic heterocycles. The SMILES string of the molecule is Nc1ccccc1NC(=O)CCCCCCC(=O)NCc1cccc(-c2cccc(C3OC(CN4CCCCC4)CC(c4ccc(CO)cc4)O3)c2)c1. The number of rotatable bonds is 16. The summed E-state index contributed by atoms with van der Waals surface area (Å²) in [5.74, 6) is -0.0155. The number of likely N-dealkylation sites (tertiary alicyclic amines) is 1. The van der Waals surface area contributed by atoms with Crippen LogP contribution in [0.25, 0.3) is 11.1 Å². The van der Waals surface area contributed by atoms with Crippen LogP contribution in [0.5, 0.6) is 0 Å². The summed E-state index contributed by atoms with van der Waals surface area (Å²) in [5.41, 5.74) is 13.2. The van der Waals surface area contributed by atoms with Gasteiger partial charge in [0.25, 0.3) is 0 Å². The Morgan fingerprint density at radius 2 is 1.45 bits per heavy atom. The number of hydrogen-bond acceptors (Lipinski definition) is 7. The number of aliphatic hydroxyl groups excluding tert-OH is 1. The highest BCUT2D eigenvalue weighted by molar-refractivity contribution is 5.93. The summed E-state index contributed by atoms with van der Waals surface area (Å²) in [6.45, 7) is 3.59. The average molecular weight is 719 g/mol. The highest BCUT2D eigenvalue weighted by Gasteiger charge is 2.33. The number of ether oxygens (including phenoxy) is 2. The summed E-state index contributed by atoms with van der Waals surface area (Å²) in [6, 6.07) is 32.0. The number of benzene rings is 4. The summed E-state index contributed by atoms with van der Waals surface area (Å²) >= 11 is 0. The molecule has 2 fully saturated rings. The van der Waals surface area contributed by atoms with E-state index in [9.17, 15) is 14.7 Å². The molecule has 6 rings (SSSR count). The minimum atomic E-state index is -0.505. The largest absolute Gasteiger partial charge is 0.397 e. The molecule has 53 heavy (non-hydrogen) atoms. The van der Waals surface area contributed by atoms with Crippen molar-refractivity contribution in [2.24, 2.45) is 0 Å². The van der Waals surface area contributed by atoms with Gasteiger partial charge in [0, 0.05) is 37.9 Å². The first-order valence-corrected chi connectivity index (χ1v) is 19.3. The van der Waals surface area contributed by atoms with Gasteiger partial charge in [0.1, 0.15) is 0 Å². The van der Waals surface area contributed by atoms with Crippen molar-refractivity contribution in [1.29, 1.82) is 0 Å². The van der Waals surface area contributed by atoms with Crippen LogP contribution in [0.2, 0.25) is 0 Å². The van der Waals surface area contributed by atoms with Crippen molar-refractivity contribution in [1.82, 2.24) is 10.2 Å². The lowest BCUT2D eigenvalue weighted by Gasteiger charge is -2.39. The van der Waals surface area contributed by atoms with E-state index in [-0.39, 0.29) is 30.6 Å².